The van der Waals surface area contributed by atoms with Gasteiger partial charge in [-0.1, -0.05) is 26.7 Å². The molecule has 13 heavy (non-hydrogen) atoms. The first-order chi connectivity index (χ1) is 6.38. The summed E-state index contributed by atoms with van der Waals surface area (Å²) in [5.41, 5.74) is 3.12. The summed E-state index contributed by atoms with van der Waals surface area (Å²) in [7, 11) is 0. The van der Waals surface area contributed by atoms with E-state index >= 15 is 0 Å². The largest absolute Gasteiger partial charge is 0.309 e. The monoisotopic (exact) mass is 198 g/mol. The lowest BCUT2D eigenvalue weighted by Crippen LogP contribution is -2.21. The van der Waals surface area contributed by atoms with Crippen molar-refractivity contribution in [1.82, 2.24) is 10.3 Å². The van der Waals surface area contributed by atoms with Crippen LogP contribution in [-0.4, -0.2) is 11.5 Å². The molecule has 1 heterocycles. The average Bonchev–Trinajstić information content (AvgIpc) is 2.65. The van der Waals surface area contributed by atoms with E-state index in [0.717, 1.165) is 6.54 Å². The fraction of sp³-hybridized carbons (Fsp3) is 0.700. The summed E-state index contributed by atoms with van der Waals surface area (Å²) in [5.74, 6) is 0. The number of rotatable bonds is 6. The summed E-state index contributed by atoms with van der Waals surface area (Å²) in [4.78, 5) is 4.34. The van der Waals surface area contributed by atoms with Crippen molar-refractivity contribution in [2.45, 2.75) is 39.2 Å². The second kappa shape index (κ2) is 6.11. The minimum atomic E-state index is 0.469. The lowest BCUT2D eigenvalue weighted by atomic mass is 10.1. The molecule has 0 aromatic carbocycles. The van der Waals surface area contributed by atoms with E-state index in [2.05, 4.69) is 29.5 Å². The van der Waals surface area contributed by atoms with Crippen molar-refractivity contribution in [2.75, 3.05) is 6.54 Å². The molecule has 74 valence electrons. The van der Waals surface area contributed by atoms with Crippen molar-refractivity contribution >= 4 is 11.3 Å². The van der Waals surface area contributed by atoms with E-state index in [1.54, 1.807) is 11.3 Å². The third kappa shape index (κ3) is 3.44. The molecule has 0 fully saturated rings. The van der Waals surface area contributed by atoms with E-state index in [1.165, 1.54) is 25.0 Å². The first kappa shape index (κ1) is 10.7. The molecule has 1 atom stereocenters. The number of hydrogen-bond acceptors (Lipinski definition) is 3. The van der Waals surface area contributed by atoms with Gasteiger partial charge in [0, 0.05) is 5.38 Å². The third-order valence-corrected chi connectivity index (χ3v) is 2.71. The number of nitrogens with zero attached hydrogens (tertiary/aromatic N) is 1. The van der Waals surface area contributed by atoms with Crippen LogP contribution in [0.2, 0.25) is 0 Å². The quantitative estimate of drug-likeness (QED) is 0.760. The second-order valence-electron chi connectivity index (χ2n) is 3.17. The Morgan fingerprint density at radius 2 is 2.38 bits per heavy atom. The zero-order valence-electron chi connectivity index (χ0n) is 8.42. The summed E-state index contributed by atoms with van der Waals surface area (Å²) in [6.07, 6.45) is 3.73. The van der Waals surface area contributed by atoms with Crippen LogP contribution in [0.1, 0.15) is 44.8 Å². The van der Waals surface area contributed by atoms with Crippen molar-refractivity contribution < 1.29 is 0 Å². The van der Waals surface area contributed by atoms with Gasteiger partial charge in [-0.05, 0) is 13.0 Å². The van der Waals surface area contributed by atoms with Crippen molar-refractivity contribution in [1.29, 1.82) is 0 Å². The third-order valence-electron chi connectivity index (χ3n) is 2.11. The summed E-state index contributed by atoms with van der Waals surface area (Å²) in [6.45, 7) is 5.39. The van der Waals surface area contributed by atoms with Crippen LogP contribution in [0.5, 0.6) is 0 Å². The molecule has 1 N–H and O–H groups in total. The van der Waals surface area contributed by atoms with Crippen LogP contribution in [0.4, 0.5) is 0 Å². The Morgan fingerprint density at radius 3 is 2.92 bits per heavy atom. The van der Waals surface area contributed by atoms with Gasteiger partial charge in [0.1, 0.15) is 0 Å². The number of nitrogens with one attached hydrogen (secondary N) is 1. The van der Waals surface area contributed by atoms with Crippen molar-refractivity contribution in [2.24, 2.45) is 0 Å². The normalized spacial score (nSPS) is 13.1. The molecule has 1 rings (SSSR count). The van der Waals surface area contributed by atoms with Crippen LogP contribution < -0.4 is 5.32 Å². The van der Waals surface area contributed by atoms with E-state index in [4.69, 9.17) is 0 Å². The highest BCUT2D eigenvalue weighted by Gasteiger charge is 2.10. The molecule has 0 amide bonds. The van der Waals surface area contributed by atoms with Gasteiger partial charge in [0.05, 0.1) is 17.2 Å². The molecule has 0 aliphatic rings. The predicted octanol–water partition coefficient (Wildman–Crippen LogP) is 2.98. The molecule has 2 nitrogen and oxygen atoms in total. The average molecular weight is 198 g/mol. The Kier molecular flexibility index (Phi) is 5.01. The van der Waals surface area contributed by atoms with Gasteiger partial charge >= 0.3 is 0 Å². The van der Waals surface area contributed by atoms with Gasteiger partial charge in [-0.15, -0.1) is 11.3 Å². The summed E-state index contributed by atoms with van der Waals surface area (Å²) < 4.78 is 0. The Labute approximate surface area is 84.4 Å². The summed E-state index contributed by atoms with van der Waals surface area (Å²) in [6, 6.07) is 0.469. The lowest BCUT2D eigenvalue weighted by molar-refractivity contribution is 0.486. The van der Waals surface area contributed by atoms with E-state index in [9.17, 15) is 0 Å². The SMILES string of the molecule is CCCCC(NCC)c1cscn1. The van der Waals surface area contributed by atoms with Crippen LogP contribution >= 0.6 is 11.3 Å². The van der Waals surface area contributed by atoms with E-state index in [1.807, 2.05) is 5.51 Å². The van der Waals surface area contributed by atoms with Gasteiger partial charge in [0.15, 0.2) is 0 Å². The molecule has 1 aromatic rings. The Morgan fingerprint density at radius 1 is 1.54 bits per heavy atom. The second-order valence-corrected chi connectivity index (χ2v) is 3.88. The minimum Gasteiger partial charge on any atom is -0.309 e. The van der Waals surface area contributed by atoms with Crippen LogP contribution in [0.3, 0.4) is 0 Å². The zero-order chi connectivity index (χ0) is 9.52. The number of thiazole rings is 1. The van der Waals surface area contributed by atoms with Crippen LogP contribution in [0.15, 0.2) is 10.9 Å². The predicted molar refractivity (Wildman–Crippen MR) is 58.1 cm³/mol. The number of unbranched alkanes of at least 4 members (excludes halogenated alkanes) is 1. The smallest absolute Gasteiger partial charge is 0.0795 e. The standard InChI is InChI=1S/C10H18N2S/c1-3-5-6-9(11-4-2)10-7-13-8-12-10/h7-9,11H,3-6H2,1-2H3. The maximum absolute atomic E-state index is 4.34. The van der Waals surface area contributed by atoms with Crippen LogP contribution in [0, 0.1) is 0 Å². The molecule has 0 spiro atoms. The molecule has 3 heteroatoms. The Bertz CT molecular complexity index is 209. The maximum Gasteiger partial charge on any atom is 0.0795 e. The summed E-state index contributed by atoms with van der Waals surface area (Å²) >= 11 is 1.68. The first-order valence-electron chi connectivity index (χ1n) is 5.00. The fourth-order valence-electron chi connectivity index (χ4n) is 1.40. The molecule has 0 aliphatic heterocycles. The lowest BCUT2D eigenvalue weighted by Gasteiger charge is -2.14. The van der Waals surface area contributed by atoms with Gasteiger partial charge < -0.3 is 5.32 Å². The topological polar surface area (TPSA) is 24.9 Å². The van der Waals surface area contributed by atoms with Gasteiger partial charge in [0.25, 0.3) is 0 Å². The molecule has 0 radical (unpaired) electrons. The maximum atomic E-state index is 4.34. The minimum absolute atomic E-state index is 0.469. The number of aromatic nitrogens is 1. The fourth-order valence-corrected chi connectivity index (χ4v) is 2.01. The zero-order valence-corrected chi connectivity index (χ0v) is 9.23. The highest BCUT2D eigenvalue weighted by Crippen LogP contribution is 2.18. The molecule has 0 saturated heterocycles. The van der Waals surface area contributed by atoms with Gasteiger partial charge in [-0.25, -0.2) is 4.98 Å². The van der Waals surface area contributed by atoms with Gasteiger partial charge in [-0.2, -0.15) is 0 Å². The Hall–Kier alpha value is -0.410. The summed E-state index contributed by atoms with van der Waals surface area (Å²) in [5, 5.41) is 5.61. The van der Waals surface area contributed by atoms with Crippen LogP contribution in [0.25, 0.3) is 0 Å². The van der Waals surface area contributed by atoms with E-state index in [0.29, 0.717) is 6.04 Å². The van der Waals surface area contributed by atoms with Gasteiger partial charge in [0.2, 0.25) is 0 Å². The molecule has 1 aromatic heterocycles. The first-order valence-corrected chi connectivity index (χ1v) is 5.94. The molecule has 0 saturated carbocycles. The highest BCUT2D eigenvalue weighted by atomic mass is 32.1. The van der Waals surface area contributed by atoms with Crippen molar-refractivity contribution in [3.8, 4) is 0 Å². The molecular weight excluding hydrogens is 180 g/mol. The number of hydrogen-bond donors (Lipinski definition) is 1. The van der Waals surface area contributed by atoms with Crippen LogP contribution in [-0.2, 0) is 0 Å². The molecular formula is C10H18N2S. The molecule has 0 bridgehead atoms. The van der Waals surface area contributed by atoms with Gasteiger partial charge in [-0.3, -0.25) is 0 Å². The molecule has 1 unspecified atom stereocenters. The Balaban J connectivity index is 2.47. The van der Waals surface area contributed by atoms with E-state index < -0.39 is 0 Å². The van der Waals surface area contributed by atoms with E-state index in [-0.39, 0.29) is 0 Å². The van der Waals surface area contributed by atoms with Crippen molar-refractivity contribution in [3.05, 3.63) is 16.6 Å². The molecule has 0 aliphatic carbocycles. The highest BCUT2D eigenvalue weighted by molar-refractivity contribution is 7.07. The van der Waals surface area contributed by atoms with Crippen molar-refractivity contribution in [3.63, 3.8) is 0 Å².